The molecule has 10 heteroatoms. The zero-order valence-electron chi connectivity index (χ0n) is 16.0. The number of nitro groups is 1. The highest BCUT2D eigenvalue weighted by atomic mass is 19.1. The fraction of sp³-hybridized carbons (Fsp3) is 0.474. The van der Waals surface area contributed by atoms with E-state index in [0.29, 0.717) is 38.7 Å². The number of ether oxygens (including phenoxy) is 1. The number of hydrogen-bond donors (Lipinski definition) is 1. The number of morpholine rings is 1. The molecule has 2 fully saturated rings. The third-order valence-electron chi connectivity index (χ3n) is 5.23. The highest BCUT2D eigenvalue weighted by Gasteiger charge is 2.30. The highest BCUT2D eigenvalue weighted by molar-refractivity contribution is 5.70. The number of aromatic nitrogens is 2. The Morgan fingerprint density at radius 1 is 1.21 bits per heavy atom. The van der Waals surface area contributed by atoms with Crippen molar-refractivity contribution in [2.24, 2.45) is 0 Å². The molecule has 1 aromatic heterocycles. The van der Waals surface area contributed by atoms with Gasteiger partial charge in [-0.05, 0) is 31.0 Å². The summed E-state index contributed by atoms with van der Waals surface area (Å²) in [6.45, 7) is 3.54. The monoisotopic (exact) mass is 402 g/mol. The van der Waals surface area contributed by atoms with Crippen molar-refractivity contribution in [2.75, 3.05) is 54.5 Å². The lowest BCUT2D eigenvalue weighted by Gasteiger charge is -2.35. The van der Waals surface area contributed by atoms with Crippen molar-refractivity contribution < 1.29 is 14.1 Å². The van der Waals surface area contributed by atoms with Crippen LogP contribution in [-0.4, -0.2) is 60.3 Å². The average molecular weight is 402 g/mol. The molecule has 2 aliphatic rings. The molecule has 1 atom stereocenters. The van der Waals surface area contributed by atoms with E-state index in [2.05, 4.69) is 20.2 Å². The summed E-state index contributed by atoms with van der Waals surface area (Å²) >= 11 is 0. The molecule has 0 saturated carbocycles. The standard InChI is InChI=1S/C19H23FN6O3/c20-14-3-1-5-16(11-14)25-6-2-4-15(12-25)23-18-17(26(27)28)19(22-13-21-18)24-7-9-29-10-8-24/h1,3,5,11,13,15H,2,4,6-10,12H2,(H,21,22,23). The molecule has 0 amide bonds. The maximum Gasteiger partial charge on any atom is 0.353 e. The normalized spacial score (nSPS) is 19.8. The lowest BCUT2D eigenvalue weighted by molar-refractivity contribution is -0.383. The Kier molecular flexibility index (Phi) is 5.70. The average Bonchev–Trinajstić information content (AvgIpc) is 2.74. The van der Waals surface area contributed by atoms with E-state index in [0.717, 1.165) is 25.1 Å². The summed E-state index contributed by atoms with van der Waals surface area (Å²) < 4.78 is 18.9. The molecule has 0 bridgehead atoms. The Hall–Kier alpha value is -3.01. The third-order valence-corrected chi connectivity index (χ3v) is 5.23. The van der Waals surface area contributed by atoms with Gasteiger partial charge in [-0.2, -0.15) is 0 Å². The quantitative estimate of drug-likeness (QED) is 0.602. The third kappa shape index (κ3) is 4.37. The smallest absolute Gasteiger partial charge is 0.353 e. The van der Waals surface area contributed by atoms with Crippen molar-refractivity contribution in [2.45, 2.75) is 18.9 Å². The van der Waals surface area contributed by atoms with Crippen LogP contribution in [0.2, 0.25) is 0 Å². The number of nitrogens with zero attached hydrogens (tertiary/aromatic N) is 5. The molecule has 2 aliphatic heterocycles. The molecule has 0 aliphatic carbocycles. The largest absolute Gasteiger partial charge is 0.378 e. The van der Waals surface area contributed by atoms with Crippen LogP contribution in [-0.2, 0) is 4.74 Å². The number of rotatable bonds is 5. The molecule has 1 N–H and O–H groups in total. The molecule has 29 heavy (non-hydrogen) atoms. The van der Waals surface area contributed by atoms with Crippen LogP contribution in [0, 0.1) is 15.9 Å². The molecule has 1 aromatic carbocycles. The predicted molar refractivity (Wildman–Crippen MR) is 107 cm³/mol. The Balaban J connectivity index is 1.54. The van der Waals surface area contributed by atoms with Gasteiger partial charge in [-0.25, -0.2) is 14.4 Å². The second kappa shape index (κ2) is 8.56. The molecule has 0 radical (unpaired) electrons. The number of benzene rings is 1. The second-order valence-corrected chi connectivity index (χ2v) is 7.16. The van der Waals surface area contributed by atoms with Crippen LogP contribution in [0.15, 0.2) is 30.6 Å². The topological polar surface area (TPSA) is 96.7 Å². The van der Waals surface area contributed by atoms with E-state index in [9.17, 15) is 14.5 Å². The highest BCUT2D eigenvalue weighted by Crippen LogP contribution is 2.33. The summed E-state index contributed by atoms with van der Waals surface area (Å²) in [4.78, 5) is 23.7. The van der Waals surface area contributed by atoms with Gasteiger partial charge in [-0.15, -0.1) is 0 Å². The lowest BCUT2D eigenvalue weighted by atomic mass is 10.0. The first kappa shape index (κ1) is 19.3. The van der Waals surface area contributed by atoms with E-state index in [1.165, 1.54) is 18.5 Å². The maximum atomic E-state index is 13.6. The van der Waals surface area contributed by atoms with Crippen LogP contribution in [0.25, 0.3) is 0 Å². The van der Waals surface area contributed by atoms with Gasteiger partial charge in [0.2, 0.25) is 11.6 Å². The zero-order valence-corrected chi connectivity index (χ0v) is 16.0. The maximum absolute atomic E-state index is 13.6. The lowest BCUT2D eigenvalue weighted by Crippen LogP contribution is -2.42. The van der Waals surface area contributed by atoms with Crippen molar-refractivity contribution in [3.05, 3.63) is 46.5 Å². The van der Waals surface area contributed by atoms with Crippen molar-refractivity contribution in [1.29, 1.82) is 0 Å². The predicted octanol–water partition coefficient (Wildman–Crippen LogP) is 2.44. The first-order chi connectivity index (χ1) is 14.1. The minimum Gasteiger partial charge on any atom is -0.378 e. The summed E-state index contributed by atoms with van der Waals surface area (Å²) in [6, 6.07) is 6.44. The van der Waals surface area contributed by atoms with Crippen LogP contribution < -0.4 is 15.1 Å². The van der Waals surface area contributed by atoms with Crippen molar-refractivity contribution in [1.82, 2.24) is 9.97 Å². The Morgan fingerprint density at radius 3 is 2.79 bits per heavy atom. The van der Waals surface area contributed by atoms with Gasteiger partial charge >= 0.3 is 5.69 Å². The molecule has 2 aromatic rings. The van der Waals surface area contributed by atoms with Gasteiger partial charge in [0.05, 0.1) is 18.1 Å². The first-order valence-electron chi connectivity index (χ1n) is 9.71. The molecular formula is C19H23FN6O3. The zero-order chi connectivity index (χ0) is 20.2. The van der Waals surface area contributed by atoms with Gasteiger partial charge in [0.15, 0.2) is 0 Å². The number of piperidine rings is 1. The van der Waals surface area contributed by atoms with E-state index in [4.69, 9.17) is 4.74 Å². The molecule has 2 saturated heterocycles. The minimum atomic E-state index is -0.430. The van der Waals surface area contributed by atoms with Crippen LogP contribution in [0.5, 0.6) is 0 Å². The van der Waals surface area contributed by atoms with Crippen LogP contribution in [0.3, 0.4) is 0 Å². The minimum absolute atomic E-state index is 0.0434. The van der Waals surface area contributed by atoms with Gasteiger partial charge in [-0.1, -0.05) is 6.07 Å². The second-order valence-electron chi connectivity index (χ2n) is 7.16. The number of hydrogen-bond acceptors (Lipinski definition) is 8. The first-order valence-corrected chi connectivity index (χ1v) is 9.71. The van der Waals surface area contributed by atoms with Gasteiger partial charge in [-0.3, -0.25) is 10.1 Å². The Morgan fingerprint density at radius 2 is 2.03 bits per heavy atom. The van der Waals surface area contributed by atoms with Crippen molar-refractivity contribution >= 4 is 23.0 Å². The van der Waals surface area contributed by atoms with Gasteiger partial charge < -0.3 is 19.9 Å². The van der Waals surface area contributed by atoms with E-state index < -0.39 is 4.92 Å². The van der Waals surface area contributed by atoms with E-state index in [-0.39, 0.29) is 23.4 Å². The SMILES string of the molecule is O=[N+]([O-])c1c(NC2CCCN(c3cccc(F)c3)C2)ncnc1N1CCOCC1. The summed E-state index contributed by atoms with van der Waals surface area (Å²) in [5.41, 5.74) is 0.694. The van der Waals surface area contributed by atoms with Crippen LogP contribution >= 0.6 is 0 Å². The van der Waals surface area contributed by atoms with E-state index >= 15 is 0 Å². The Labute approximate surface area is 167 Å². The van der Waals surface area contributed by atoms with Crippen LogP contribution in [0.1, 0.15) is 12.8 Å². The molecule has 154 valence electrons. The molecule has 4 rings (SSSR count). The number of halogens is 1. The van der Waals surface area contributed by atoms with E-state index in [1.54, 1.807) is 6.07 Å². The van der Waals surface area contributed by atoms with E-state index in [1.807, 2.05) is 11.0 Å². The molecule has 3 heterocycles. The molecular weight excluding hydrogens is 379 g/mol. The molecule has 1 unspecified atom stereocenters. The van der Waals surface area contributed by atoms with Crippen molar-refractivity contribution in [3.8, 4) is 0 Å². The fourth-order valence-corrected chi connectivity index (χ4v) is 3.85. The number of nitrogens with one attached hydrogen (secondary N) is 1. The summed E-state index contributed by atoms with van der Waals surface area (Å²) in [5.74, 6) is 0.255. The van der Waals surface area contributed by atoms with Crippen LogP contribution in [0.4, 0.5) is 27.4 Å². The fourth-order valence-electron chi connectivity index (χ4n) is 3.85. The van der Waals surface area contributed by atoms with Gasteiger partial charge in [0, 0.05) is 37.9 Å². The molecule has 0 spiro atoms. The molecule has 9 nitrogen and oxygen atoms in total. The number of anilines is 3. The van der Waals surface area contributed by atoms with Crippen molar-refractivity contribution in [3.63, 3.8) is 0 Å². The van der Waals surface area contributed by atoms with Gasteiger partial charge in [0.1, 0.15) is 12.1 Å². The summed E-state index contributed by atoms with van der Waals surface area (Å²) in [7, 11) is 0. The Bertz CT molecular complexity index is 877. The summed E-state index contributed by atoms with van der Waals surface area (Å²) in [6.07, 6.45) is 3.09. The van der Waals surface area contributed by atoms with Gasteiger partial charge in [0.25, 0.3) is 0 Å². The summed E-state index contributed by atoms with van der Waals surface area (Å²) in [5, 5.41) is 15.1.